The molecule has 0 radical (unpaired) electrons. The van der Waals surface area contributed by atoms with Gasteiger partial charge in [-0.2, -0.15) is 0 Å². The first-order valence-corrected chi connectivity index (χ1v) is 9.13. The van der Waals surface area contributed by atoms with E-state index in [0.717, 1.165) is 5.56 Å². The summed E-state index contributed by atoms with van der Waals surface area (Å²) in [4.78, 5) is 24.5. The van der Waals surface area contributed by atoms with Crippen LogP contribution in [0, 0.1) is 0 Å². The van der Waals surface area contributed by atoms with Crippen molar-refractivity contribution in [3.63, 3.8) is 0 Å². The largest absolute Gasteiger partial charge is 0.504 e. The topological polar surface area (TPSA) is 87.7 Å². The molecule has 0 bridgehead atoms. The fraction of sp³-hybridized carbons (Fsp3) is 0.130. The van der Waals surface area contributed by atoms with Gasteiger partial charge in [-0.15, -0.1) is 0 Å². The smallest absolute Gasteiger partial charge is 0.251 e. The summed E-state index contributed by atoms with van der Waals surface area (Å²) < 4.78 is 5.23. The summed E-state index contributed by atoms with van der Waals surface area (Å²) >= 11 is 0. The molecular formula is C23H22N2O4. The zero-order valence-electron chi connectivity index (χ0n) is 16.0. The summed E-state index contributed by atoms with van der Waals surface area (Å²) in [6.45, 7) is 0.375. The quantitative estimate of drug-likeness (QED) is 0.578. The number of amides is 2. The minimum absolute atomic E-state index is 0.0426. The molecule has 148 valence electrons. The molecule has 3 aromatic carbocycles. The highest BCUT2D eigenvalue weighted by atomic mass is 16.5. The van der Waals surface area contributed by atoms with Crippen LogP contribution in [0.15, 0.2) is 72.8 Å². The number of ether oxygens (including phenoxy) is 1. The SMILES string of the molecule is COc1cc(CNC(=O)c2ccccc2)cc(CNC(=O)c2ccccc2)c1O. The molecule has 2 amide bonds. The lowest BCUT2D eigenvalue weighted by Gasteiger charge is -2.14. The Morgan fingerprint density at radius 2 is 1.34 bits per heavy atom. The predicted octanol–water partition coefficient (Wildman–Crippen LogP) is 3.26. The highest BCUT2D eigenvalue weighted by Crippen LogP contribution is 2.31. The van der Waals surface area contributed by atoms with Crippen LogP contribution >= 0.6 is 0 Å². The molecule has 3 N–H and O–H groups in total. The van der Waals surface area contributed by atoms with Gasteiger partial charge in [0.25, 0.3) is 11.8 Å². The number of carbonyl (C=O) groups excluding carboxylic acids is 2. The maximum absolute atomic E-state index is 12.3. The first-order chi connectivity index (χ1) is 14.1. The molecule has 0 unspecified atom stereocenters. The van der Waals surface area contributed by atoms with E-state index in [4.69, 9.17) is 4.74 Å². The maximum atomic E-state index is 12.3. The van der Waals surface area contributed by atoms with E-state index in [0.29, 0.717) is 16.7 Å². The Morgan fingerprint density at radius 3 is 1.86 bits per heavy atom. The third-order valence-corrected chi connectivity index (χ3v) is 4.40. The summed E-state index contributed by atoms with van der Waals surface area (Å²) in [5, 5.41) is 16.0. The van der Waals surface area contributed by atoms with Gasteiger partial charge >= 0.3 is 0 Å². The molecule has 6 heteroatoms. The van der Waals surface area contributed by atoms with E-state index in [-0.39, 0.29) is 36.4 Å². The van der Waals surface area contributed by atoms with Gasteiger partial charge in [0.05, 0.1) is 7.11 Å². The number of carbonyl (C=O) groups is 2. The Kier molecular flexibility index (Phi) is 6.47. The van der Waals surface area contributed by atoms with Crippen molar-refractivity contribution in [2.45, 2.75) is 13.1 Å². The molecule has 0 spiro atoms. The number of hydrogen-bond donors (Lipinski definition) is 3. The second-order valence-electron chi connectivity index (χ2n) is 6.40. The van der Waals surface area contributed by atoms with Crippen LogP contribution < -0.4 is 15.4 Å². The highest BCUT2D eigenvalue weighted by Gasteiger charge is 2.13. The second kappa shape index (κ2) is 9.41. The van der Waals surface area contributed by atoms with Crippen molar-refractivity contribution >= 4 is 11.8 Å². The van der Waals surface area contributed by atoms with Crippen LogP contribution in [0.5, 0.6) is 11.5 Å². The molecular weight excluding hydrogens is 368 g/mol. The first-order valence-electron chi connectivity index (χ1n) is 9.13. The highest BCUT2D eigenvalue weighted by molar-refractivity contribution is 5.94. The summed E-state index contributed by atoms with van der Waals surface area (Å²) in [5.74, 6) is -0.206. The standard InChI is InChI=1S/C23H22N2O4/c1-29-20-13-16(14-24-22(27)17-8-4-2-5-9-17)12-19(21(20)26)15-25-23(28)18-10-6-3-7-11-18/h2-13,26H,14-15H2,1H3,(H,24,27)(H,25,28). The van der Waals surface area contributed by atoms with Crippen molar-refractivity contribution in [3.05, 3.63) is 95.1 Å². The molecule has 0 atom stereocenters. The first kappa shape index (κ1) is 19.9. The van der Waals surface area contributed by atoms with Gasteiger partial charge < -0.3 is 20.5 Å². The molecule has 0 heterocycles. The Morgan fingerprint density at radius 1 is 0.828 bits per heavy atom. The van der Waals surface area contributed by atoms with Crippen LogP contribution in [0.4, 0.5) is 0 Å². The Balaban J connectivity index is 1.70. The Hall–Kier alpha value is -3.80. The van der Waals surface area contributed by atoms with Crippen LogP contribution in [-0.2, 0) is 13.1 Å². The lowest BCUT2D eigenvalue weighted by Crippen LogP contribution is -2.24. The molecule has 0 aromatic heterocycles. The zero-order valence-corrected chi connectivity index (χ0v) is 16.0. The zero-order chi connectivity index (χ0) is 20.6. The van der Waals surface area contributed by atoms with Crippen LogP contribution in [0.25, 0.3) is 0 Å². The van der Waals surface area contributed by atoms with Gasteiger partial charge in [-0.3, -0.25) is 9.59 Å². The number of nitrogens with one attached hydrogen (secondary N) is 2. The molecule has 3 aromatic rings. The predicted molar refractivity (Wildman–Crippen MR) is 110 cm³/mol. The fourth-order valence-corrected chi connectivity index (χ4v) is 2.86. The molecule has 3 rings (SSSR count). The average molecular weight is 390 g/mol. The van der Waals surface area contributed by atoms with Crippen LogP contribution in [0.2, 0.25) is 0 Å². The van der Waals surface area contributed by atoms with Crippen molar-refractivity contribution in [2.24, 2.45) is 0 Å². The third-order valence-electron chi connectivity index (χ3n) is 4.40. The van der Waals surface area contributed by atoms with Crippen molar-refractivity contribution in [1.29, 1.82) is 0 Å². The third kappa shape index (κ3) is 5.13. The van der Waals surface area contributed by atoms with Crippen molar-refractivity contribution in [3.8, 4) is 11.5 Å². The molecule has 0 aliphatic heterocycles. The maximum Gasteiger partial charge on any atom is 0.251 e. The summed E-state index contributed by atoms with van der Waals surface area (Å²) in [6.07, 6.45) is 0. The number of methoxy groups -OCH3 is 1. The van der Waals surface area contributed by atoms with Gasteiger partial charge in [-0.05, 0) is 42.0 Å². The van der Waals surface area contributed by atoms with Gasteiger partial charge in [-0.1, -0.05) is 36.4 Å². The van der Waals surface area contributed by atoms with E-state index < -0.39 is 0 Å². The van der Waals surface area contributed by atoms with E-state index in [1.54, 1.807) is 60.7 Å². The molecule has 0 aliphatic rings. The summed E-state index contributed by atoms with van der Waals surface area (Å²) in [6, 6.07) is 21.1. The van der Waals surface area contributed by atoms with Gasteiger partial charge in [0.2, 0.25) is 0 Å². The molecule has 0 fully saturated rings. The average Bonchev–Trinajstić information content (AvgIpc) is 2.78. The lowest BCUT2D eigenvalue weighted by molar-refractivity contribution is 0.0943. The van der Waals surface area contributed by atoms with Crippen molar-refractivity contribution in [1.82, 2.24) is 10.6 Å². The van der Waals surface area contributed by atoms with Crippen LogP contribution in [0.3, 0.4) is 0 Å². The molecule has 6 nitrogen and oxygen atoms in total. The Bertz CT molecular complexity index is 989. The molecule has 0 aliphatic carbocycles. The molecule has 0 saturated heterocycles. The van der Waals surface area contributed by atoms with Gasteiger partial charge in [0, 0.05) is 29.8 Å². The number of aromatic hydroxyl groups is 1. The number of hydrogen-bond acceptors (Lipinski definition) is 4. The number of phenols is 1. The van der Waals surface area contributed by atoms with E-state index in [2.05, 4.69) is 10.6 Å². The fourth-order valence-electron chi connectivity index (χ4n) is 2.86. The molecule has 29 heavy (non-hydrogen) atoms. The van der Waals surface area contributed by atoms with E-state index >= 15 is 0 Å². The number of benzene rings is 3. The minimum Gasteiger partial charge on any atom is -0.504 e. The number of phenolic OH excluding ortho intramolecular Hbond substituents is 1. The van der Waals surface area contributed by atoms with Crippen molar-refractivity contribution < 1.29 is 19.4 Å². The monoisotopic (exact) mass is 390 g/mol. The summed E-state index contributed by atoms with van der Waals surface area (Å²) in [5.41, 5.74) is 2.34. The van der Waals surface area contributed by atoms with Crippen molar-refractivity contribution in [2.75, 3.05) is 7.11 Å². The minimum atomic E-state index is -0.244. The van der Waals surface area contributed by atoms with Crippen LogP contribution in [-0.4, -0.2) is 24.0 Å². The normalized spacial score (nSPS) is 10.2. The lowest BCUT2D eigenvalue weighted by atomic mass is 10.1. The van der Waals surface area contributed by atoms with E-state index in [1.807, 2.05) is 12.1 Å². The van der Waals surface area contributed by atoms with E-state index in [1.165, 1.54) is 7.11 Å². The molecule has 0 saturated carbocycles. The van der Waals surface area contributed by atoms with Gasteiger partial charge in [0.15, 0.2) is 11.5 Å². The Labute approximate surface area is 169 Å². The summed E-state index contributed by atoms with van der Waals surface area (Å²) in [7, 11) is 1.45. The van der Waals surface area contributed by atoms with Gasteiger partial charge in [-0.25, -0.2) is 0 Å². The second-order valence-corrected chi connectivity index (χ2v) is 6.40. The van der Waals surface area contributed by atoms with Gasteiger partial charge in [0.1, 0.15) is 0 Å². The number of rotatable bonds is 7. The van der Waals surface area contributed by atoms with E-state index in [9.17, 15) is 14.7 Å². The van der Waals surface area contributed by atoms with Crippen LogP contribution in [0.1, 0.15) is 31.8 Å².